The van der Waals surface area contributed by atoms with Crippen LogP contribution in [-0.4, -0.2) is 22.8 Å². The second-order valence-electron chi connectivity index (χ2n) is 7.75. The van der Waals surface area contributed by atoms with Crippen LogP contribution in [0.5, 0.6) is 5.75 Å². The van der Waals surface area contributed by atoms with Crippen LogP contribution in [0.4, 0.5) is 0 Å². The van der Waals surface area contributed by atoms with Crippen LogP contribution in [0.3, 0.4) is 0 Å². The molecule has 0 aromatic heterocycles. The van der Waals surface area contributed by atoms with E-state index in [-0.39, 0.29) is 24.2 Å². The normalized spacial score (nSPS) is 21.5. The summed E-state index contributed by atoms with van der Waals surface area (Å²) in [5, 5.41) is 21.5. The van der Waals surface area contributed by atoms with Gasteiger partial charge in [0.05, 0.1) is 12.7 Å². The highest BCUT2D eigenvalue weighted by molar-refractivity contribution is 5.85. The van der Waals surface area contributed by atoms with E-state index in [1.165, 1.54) is 0 Å². The Kier molecular flexibility index (Phi) is 6.65. The molecule has 3 atom stereocenters. The molecular formula is C26H26O5. The van der Waals surface area contributed by atoms with E-state index >= 15 is 0 Å². The number of ether oxygens (including phenoxy) is 2. The summed E-state index contributed by atoms with van der Waals surface area (Å²) in [6.45, 7) is 0.468. The maximum Gasteiger partial charge on any atom is 0.303 e. The van der Waals surface area contributed by atoms with Crippen LogP contribution < -0.4 is 0 Å². The molecule has 0 spiro atoms. The van der Waals surface area contributed by atoms with Gasteiger partial charge in [0.25, 0.3) is 0 Å². The predicted octanol–water partition coefficient (Wildman–Crippen LogP) is 5.76. The first kappa shape index (κ1) is 21.1. The first-order valence-corrected chi connectivity index (χ1v) is 10.5. The van der Waals surface area contributed by atoms with Crippen molar-refractivity contribution in [3.8, 4) is 5.75 Å². The molecule has 160 valence electrons. The Morgan fingerprint density at radius 3 is 2.55 bits per heavy atom. The van der Waals surface area contributed by atoms with Crippen LogP contribution in [0.2, 0.25) is 0 Å². The Hall–Kier alpha value is -3.15. The minimum Gasteiger partial charge on any atom is -0.508 e. The summed E-state index contributed by atoms with van der Waals surface area (Å²) < 4.78 is 12.6. The molecule has 4 rings (SSSR count). The summed E-state index contributed by atoms with van der Waals surface area (Å²) in [6, 6.07) is 21.4. The molecule has 0 saturated carbocycles. The Labute approximate surface area is 181 Å². The van der Waals surface area contributed by atoms with Crippen LogP contribution in [0.15, 0.2) is 78.9 Å². The number of carbonyl (C=O) groups is 1. The van der Waals surface area contributed by atoms with Gasteiger partial charge in [-0.2, -0.15) is 0 Å². The molecular weight excluding hydrogens is 392 g/mol. The summed E-state index contributed by atoms with van der Waals surface area (Å²) in [5.74, 6) is -0.606. The number of aromatic hydroxyl groups is 1. The number of hydrogen-bond donors (Lipinski definition) is 2. The van der Waals surface area contributed by atoms with E-state index in [1.54, 1.807) is 12.1 Å². The highest BCUT2D eigenvalue weighted by atomic mass is 16.7. The fourth-order valence-corrected chi connectivity index (χ4v) is 4.04. The first-order valence-electron chi connectivity index (χ1n) is 10.5. The molecule has 5 heteroatoms. The molecule has 0 radical (unpaired) electrons. The van der Waals surface area contributed by atoms with Gasteiger partial charge in [-0.05, 0) is 29.7 Å². The summed E-state index contributed by atoms with van der Waals surface area (Å²) in [4.78, 5) is 10.7. The number of para-hydroxylation sites is 1. The third-order valence-corrected chi connectivity index (χ3v) is 5.61. The second kappa shape index (κ2) is 9.77. The molecule has 31 heavy (non-hydrogen) atoms. The van der Waals surface area contributed by atoms with Gasteiger partial charge in [-0.15, -0.1) is 0 Å². The van der Waals surface area contributed by atoms with Crippen LogP contribution in [0.1, 0.15) is 42.8 Å². The summed E-state index contributed by atoms with van der Waals surface area (Å²) in [5.41, 5.74) is 1.70. The minimum absolute atomic E-state index is 0.000560. The van der Waals surface area contributed by atoms with Gasteiger partial charge in [-0.1, -0.05) is 72.8 Å². The molecule has 1 saturated heterocycles. The molecule has 3 aromatic rings. The molecule has 3 aromatic carbocycles. The van der Waals surface area contributed by atoms with Gasteiger partial charge in [0.15, 0.2) is 6.29 Å². The fraction of sp³-hybridized carbons (Fsp3) is 0.269. The topological polar surface area (TPSA) is 76.0 Å². The van der Waals surface area contributed by atoms with Crippen molar-refractivity contribution >= 4 is 16.7 Å². The lowest BCUT2D eigenvalue weighted by molar-refractivity contribution is -0.243. The number of phenols is 1. The van der Waals surface area contributed by atoms with Crippen molar-refractivity contribution in [1.82, 2.24) is 0 Å². The number of rotatable bonds is 7. The number of fused-ring (bicyclic) bond motifs is 1. The molecule has 0 amide bonds. The van der Waals surface area contributed by atoms with Crippen molar-refractivity contribution in [2.45, 2.75) is 31.7 Å². The third-order valence-electron chi connectivity index (χ3n) is 5.61. The second-order valence-corrected chi connectivity index (χ2v) is 7.75. The lowest BCUT2D eigenvalue weighted by Gasteiger charge is -2.37. The largest absolute Gasteiger partial charge is 0.508 e. The van der Waals surface area contributed by atoms with E-state index in [2.05, 4.69) is 18.2 Å². The van der Waals surface area contributed by atoms with Gasteiger partial charge in [-0.3, -0.25) is 4.79 Å². The van der Waals surface area contributed by atoms with Crippen LogP contribution in [-0.2, 0) is 14.3 Å². The number of hydrogen-bond acceptors (Lipinski definition) is 4. The lowest BCUT2D eigenvalue weighted by Crippen LogP contribution is -2.30. The molecule has 1 heterocycles. The fourth-order valence-electron chi connectivity index (χ4n) is 4.04. The van der Waals surface area contributed by atoms with E-state index in [0.717, 1.165) is 21.9 Å². The van der Waals surface area contributed by atoms with Crippen LogP contribution in [0, 0.1) is 5.92 Å². The van der Waals surface area contributed by atoms with Gasteiger partial charge in [0.2, 0.25) is 0 Å². The molecule has 0 bridgehead atoms. The Bertz CT molecular complexity index is 1070. The maximum absolute atomic E-state index is 10.7. The average Bonchev–Trinajstić information content (AvgIpc) is 2.79. The van der Waals surface area contributed by atoms with Crippen molar-refractivity contribution in [2.75, 3.05) is 6.61 Å². The number of phenolic OH excluding ortho intramolecular Hbond substituents is 1. The van der Waals surface area contributed by atoms with Gasteiger partial charge < -0.3 is 19.7 Å². The first-order chi connectivity index (χ1) is 15.1. The summed E-state index contributed by atoms with van der Waals surface area (Å²) in [6.07, 6.45) is 4.24. The highest BCUT2D eigenvalue weighted by Crippen LogP contribution is 2.43. The molecule has 2 N–H and O–H groups in total. The van der Waals surface area contributed by atoms with Gasteiger partial charge >= 0.3 is 5.97 Å². The molecule has 1 fully saturated rings. The van der Waals surface area contributed by atoms with Crippen molar-refractivity contribution in [2.24, 2.45) is 5.92 Å². The van der Waals surface area contributed by atoms with E-state index in [0.29, 0.717) is 19.4 Å². The number of carboxylic acid groups (broad SMARTS) is 1. The van der Waals surface area contributed by atoms with E-state index in [4.69, 9.17) is 14.6 Å². The average molecular weight is 418 g/mol. The monoisotopic (exact) mass is 418 g/mol. The zero-order valence-electron chi connectivity index (χ0n) is 17.2. The van der Waals surface area contributed by atoms with E-state index in [1.807, 2.05) is 48.6 Å². The maximum atomic E-state index is 10.7. The molecule has 1 aliphatic rings. The zero-order valence-corrected chi connectivity index (χ0v) is 17.2. The highest BCUT2D eigenvalue weighted by Gasteiger charge is 2.35. The van der Waals surface area contributed by atoms with Crippen molar-refractivity contribution < 1.29 is 24.5 Å². The third kappa shape index (κ3) is 4.95. The number of allylic oxidation sites excluding steroid dienone is 2. The van der Waals surface area contributed by atoms with Gasteiger partial charge in [0, 0.05) is 23.5 Å². The van der Waals surface area contributed by atoms with Crippen molar-refractivity contribution in [1.29, 1.82) is 0 Å². The smallest absolute Gasteiger partial charge is 0.303 e. The van der Waals surface area contributed by atoms with E-state index in [9.17, 15) is 9.90 Å². The number of benzene rings is 3. The molecule has 1 aliphatic heterocycles. The standard InChI is InChI=1S/C26H26O5/c27-23-15-7-6-13-22(23)25-19(10-2-1-3-16-24(28)29)17-30-26(31-25)21-14-8-11-18-9-4-5-12-20(18)21/h1-2,4-9,11-15,19,25-27H,3,10,16-17H2,(H,28,29)/t19-,25+,26+/m1/s1. The Balaban J connectivity index is 1.58. The summed E-state index contributed by atoms with van der Waals surface area (Å²) >= 11 is 0. The molecule has 5 nitrogen and oxygen atoms in total. The summed E-state index contributed by atoms with van der Waals surface area (Å²) in [7, 11) is 0. The molecule has 0 aliphatic carbocycles. The Morgan fingerprint density at radius 2 is 1.71 bits per heavy atom. The van der Waals surface area contributed by atoms with Crippen molar-refractivity contribution in [3.05, 3.63) is 90.0 Å². The number of aliphatic carboxylic acids is 1. The van der Waals surface area contributed by atoms with Gasteiger partial charge in [-0.25, -0.2) is 0 Å². The lowest BCUT2D eigenvalue weighted by atomic mass is 9.91. The SMILES string of the molecule is O=C(O)CCC=CC[C@@H]1CO[C@H](c2cccc3ccccc23)O[C@@H]1c1ccccc1O. The molecule has 0 unspecified atom stereocenters. The quantitative estimate of drug-likeness (QED) is 0.477. The predicted molar refractivity (Wildman–Crippen MR) is 119 cm³/mol. The number of carboxylic acids is 1. The van der Waals surface area contributed by atoms with Crippen molar-refractivity contribution in [3.63, 3.8) is 0 Å². The van der Waals surface area contributed by atoms with Gasteiger partial charge in [0.1, 0.15) is 5.75 Å². The van der Waals surface area contributed by atoms with E-state index < -0.39 is 12.3 Å². The van der Waals surface area contributed by atoms with Crippen LogP contribution in [0.25, 0.3) is 10.8 Å². The van der Waals surface area contributed by atoms with Crippen LogP contribution >= 0.6 is 0 Å². The zero-order chi connectivity index (χ0) is 21.6. The minimum atomic E-state index is -0.806. The Morgan fingerprint density at radius 1 is 0.968 bits per heavy atom.